The molecule has 0 saturated heterocycles. The van der Waals surface area contributed by atoms with Crippen LogP contribution in [0, 0.1) is 11.8 Å². The number of fused-ring (bicyclic) bond motifs is 1. The summed E-state index contributed by atoms with van der Waals surface area (Å²) in [7, 11) is 0. The number of hydrogen-bond acceptors (Lipinski definition) is 8. The molecule has 0 radical (unpaired) electrons. The first kappa shape index (κ1) is 30.3. The molecule has 0 unspecified atom stereocenters. The molecular formula is C33H40N4O3S. The van der Waals surface area contributed by atoms with E-state index in [1.807, 2.05) is 56.3 Å². The van der Waals surface area contributed by atoms with Crippen LogP contribution in [0.25, 0.3) is 10.2 Å². The number of azo groups is 1. The smallest absolute Gasteiger partial charge is 0.311 e. The van der Waals surface area contributed by atoms with Gasteiger partial charge in [0.2, 0.25) is 5.13 Å². The van der Waals surface area contributed by atoms with E-state index in [0.717, 1.165) is 47.5 Å². The van der Waals surface area contributed by atoms with Crippen molar-refractivity contribution in [3.63, 3.8) is 0 Å². The quantitative estimate of drug-likeness (QED) is 0.0614. The molecule has 0 fully saturated rings. The molecule has 0 bridgehead atoms. The Morgan fingerprint density at radius 1 is 0.976 bits per heavy atom. The number of nitrogens with zero attached hydrogens (tertiary/aromatic N) is 4. The zero-order valence-electron chi connectivity index (χ0n) is 24.5. The molecule has 0 atom stereocenters. The number of benzene rings is 3. The van der Waals surface area contributed by atoms with Crippen molar-refractivity contribution in [2.24, 2.45) is 22.1 Å². The van der Waals surface area contributed by atoms with Crippen LogP contribution in [0.1, 0.15) is 52.5 Å². The van der Waals surface area contributed by atoms with Crippen molar-refractivity contribution in [1.82, 2.24) is 4.98 Å². The maximum Gasteiger partial charge on any atom is 0.311 e. The van der Waals surface area contributed by atoms with Gasteiger partial charge in [0.25, 0.3) is 0 Å². The molecule has 0 amide bonds. The van der Waals surface area contributed by atoms with Crippen LogP contribution in [0.4, 0.5) is 16.5 Å². The second kappa shape index (κ2) is 15.4. The number of hydrogen-bond donors (Lipinski definition) is 0. The molecule has 1 aromatic heterocycles. The third kappa shape index (κ3) is 9.47. The molecule has 1 heterocycles. The normalized spacial score (nSPS) is 11.7. The van der Waals surface area contributed by atoms with Crippen molar-refractivity contribution in [2.45, 2.75) is 53.6 Å². The minimum Gasteiger partial charge on any atom is -0.426 e. The third-order valence-corrected chi connectivity index (χ3v) is 7.77. The predicted octanol–water partition coefficient (Wildman–Crippen LogP) is 9.12. The Hall–Kier alpha value is -3.62. The summed E-state index contributed by atoms with van der Waals surface area (Å²) < 4.78 is 12.4. The molecule has 3 aromatic carbocycles. The maximum atomic E-state index is 12.0. The molecule has 4 aromatic rings. The summed E-state index contributed by atoms with van der Waals surface area (Å²) >= 11 is 1.42. The lowest BCUT2D eigenvalue weighted by molar-refractivity contribution is -0.135. The zero-order chi connectivity index (χ0) is 29.0. The van der Waals surface area contributed by atoms with Crippen LogP contribution in [0.2, 0.25) is 0 Å². The molecule has 4 rings (SSSR count). The van der Waals surface area contributed by atoms with Gasteiger partial charge in [0.15, 0.2) is 0 Å². The Morgan fingerprint density at radius 2 is 1.73 bits per heavy atom. The van der Waals surface area contributed by atoms with Crippen LogP contribution in [0.5, 0.6) is 5.75 Å². The minimum atomic E-state index is -0.231. The standard InChI is InChI=1S/C33H40N4O3S/c1-5-25(6-2)22-37(18-19-39-23-26-10-8-7-9-11-26)28-14-12-27(13-15-28)35-36-33-34-30-17-16-29(21-31(30)41-33)40-32(38)20-24(3)4/h7-17,21,24-25H,5-6,18-20,22-23H2,1-4H3. The van der Waals surface area contributed by atoms with Crippen molar-refractivity contribution >= 4 is 44.0 Å². The van der Waals surface area contributed by atoms with Gasteiger partial charge in [-0.25, -0.2) is 4.98 Å². The summed E-state index contributed by atoms with van der Waals surface area (Å²) in [5.41, 5.74) is 3.90. The van der Waals surface area contributed by atoms with Crippen LogP contribution in [0.15, 0.2) is 83.0 Å². The van der Waals surface area contributed by atoms with Gasteiger partial charge in [-0.15, -0.1) is 10.2 Å². The van der Waals surface area contributed by atoms with Gasteiger partial charge in [-0.05, 0) is 53.8 Å². The Labute approximate surface area is 247 Å². The molecule has 0 aliphatic heterocycles. The summed E-state index contributed by atoms with van der Waals surface area (Å²) in [5, 5.41) is 9.35. The number of carbonyl (C=O) groups is 1. The van der Waals surface area contributed by atoms with Crippen LogP contribution < -0.4 is 9.64 Å². The summed E-state index contributed by atoms with van der Waals surface area (Å²) in [6.45, 7) is 11.6. The van der Waals surface area contributed by atoms with E-state index in [-0.39, 0.29) is 11.9 Å². The number of thiazole rings is 1. The highest BCUT2D eigenvalue weighted by atomic mass is 32.1. The molecule has 8 heteroatoms. The van der Waals surface area contributed by atoms with E-state index in [4.69, 9.17) is 9.47 Å². The fourth-order valence-corrected chi connectivity index (χ4v) is 5.28. The molecule has 0 aliphatic rings. The molecule has 216 valence electrons. The Morgan fingerprint density at radius 3 is 2.44 bits per heavy atom. The first-order valence-electron chi connectivity index (χ1n) is 14.4. The Kier molecular flexibility index (Phi) is 11.4. The van der Waals surface area contributed by atoms with E-state index in [2.05, 4.69) is 58.2 Å². The molecule has 0 spiro atoms. The van der Waals surface area contributed by atoms with E-state index < -0.39 is 0 Å². The SMILES string of the molecule is CCC(CC)CN(CCOCc1ccccc1)c1ccc(N=Nc2nc3ccc(OC(=O)CC(C)C)cc3s2)cc1. The van der Waals surface area contributed by atoms with Crippen LogP contribution in [-0.2, 0) is 16.1 Å². The van der Waals surface area contributed by atoms with E-state index in [0.29, 0.717) is 36.4 Å². The van der Waals surface area contributed by atoms with Gasteiger partial charge in [0.05, 0.1) is 29.1 Å². The van der Waals surface area contributed by atoms with E-state index in [1.165, 1.54) is 16.9 Å². The monoisotopic (exact) mass is 572 g/mol. The molecule has 41 heavy (non-hydrogen) atoms. The maximum absolute atomic E-state index is 12.0. The Bertz CT molecular complexity index is 1400. The highest BCUT2D eigenvalue weighted by Gasteiger charge is 2.13. The van der Waals surface area contributed by atoms with E-state index in [1.54, 1.807) is 6.07 Å². The average molecular weight is 573 g/mol. The second-order valence-corrected chi connectivity index (χ2v) is 11.6. The van der Waals surface area contributed by atoms with Crippen LogP contribution >= 0.6 is 11.3 Å². The van der Waals surface area contributed by atoms with Crippen LogP contribution in [0.3, 0.4) is 0 Å². The predicted molar refractivity (Wildman–Crippen MR) is 168 cm³/mol. The zero-order valence-corrected chi connectivity index (χ0v) is 25.3. The molecular weight excluding hydrogens is 532 g/mol. The van der Waals surface area contributed by atoms with Crippen molar-refractivity contribution in [2.75, 3.05) is 24.6 Å². The lowest BCUT2D eigenvalue weighted by Crippen LogP contribution is -2.32. The second-order valence-electron chi connectivity index (χ2n) is 10.6. The summed E-state index contributed by atoms with van der Waals surface area (Å²) in [5.74, 6) is 1.17. The summed E-state index contributed by atoms with van der Waals surface area (Å²) in [4.78, 5) is 19.0. The highest BCUT2D eigenvalue weighted by Crippen LogP contribution is 2.32. The lowest BCUT2D eigenvalue weighted by Gasteiger charge is -2.28. The van der Waals surface area contributed by atoms with Gasteiger partial charge in [-0.1, -0.05) is 82.2 Å². The van der Waals surface area contributed by atoms with Gasteiger partial charge in [-0.2, -0.15) is 0 Å². The lowest BCUT2D eigenvalue weighted by atomic mass is 10.0. The van der Waals surface area contributed by atoms with Crippen molar-refractivity contribution in [3.05, 3.63) is 78.4 Å². The van der Waals surface area contributed by atoms with E-state index in [9.17, 15) is 4.79 Å². The number of rotatable bonds is 15. The minimum absolute atomic E-state index is 0.231. The highest BCUT2D eigenvalue weighted by molar-refractivity contribution is 7.21. The molecule has 0 N–H and O–H groups in total. The summed E-state index contributed by atoms with van der Waals surface area (Å²) in [6, 6.07) is 23.9. The fraction of sp³-hybridized carbons (Fsp3) is 0.394. The number of aromatic nitrogens is 1. The van der Waals surface area contributed by atoms with Crippen molar-refractivity contribution in [1.29, 1.82) is 0 Å². The first-order chi connectivity index (χ1) is 19.9. The third-order valence-electron chi connectivity index (χ3n) is 6.87. The number of carbonyl (C=O) groups excluding carboxylic acids is 1. The van der Waals surface area contributed by atoms with Gasteiger partial charge < -0.3 is 14.4 Å². The van der Waals surface area contributed by atoms with E-state index >= 15 is 0 Å². The first-order valence-corrected chi connectivity index (χ1v) is 15.2. The van der Waals surface area contributed by atoms with Gasteiger partial charge in [-0.3, -0.25) is 4.79 Å². The number of esters is 1. The van der Waals surface area contributed by atoms with Crippen LogP contribution in [-0.4, -0.2) is 30.6 Å². The van der Waals surface area contributed by atoms with Crippen molar-refractivity contribution < 1.29 is 14.3 Å². The molecule has 0 saturated carbocycles. The average Bonchev–Trinajstić information content (AvgIpc) is 3.38. The fourth-order valence-electron chi connectivity index (χ4n) is 4.46. The number of ether oxygens (including phenoxy) is 2. The number of anilines is 1. The van der Waals surface area contributed by atoms with Gasteiger partial charge >= 0.3 is 5.97 Å². The Balaban J connectivity index is 1.38. The van der Waals surface area contributed by atoms with Gasteiger partial charge in [0.1, 0.15) is 5.75 Å². The largest absolute Gasteiger partial charge is 0.426 e. The van der Waals surface area contributed by atoms with Crippen molar-refractivity contribution in [3.8, 4) is 5.75 Å². The molecule has 7 nitrogen and oxygen atoms in total. The molecule has 0 aliphatic carbocycles. The van der Waals surface area contributed by atoms with Gasteiger partial charge in [0, 0.05) is 31.3 Å². The summed E-state index contributed by atoms with van der Waals surface area (Å²) in [6.07, 6.45) is 2.68. The topological polar surface area (TPSA) is 76.4 Å².